The lowest BCUT2D eigenvalue weighted by Gasteiger charge is -2.16. The first-order valence-corrected chi connectivity index (χ1v) is 12.0. The Morgan fingerprint density at radius 1 is 0.974 bits per heavy atom. The zero-order valence-corrected chi connectivity index (χ0v) is 20.7. The third-order valence-electron chi connectivity index (χ3n) is 5.73. The summed E-state index contributed by atoms with van der Waals surface area (Å²) in [5.74, 6) is -1.88. The molecule has 192 valence electrons. The van der Waals surface area contributed by atoms with Crippen LogP contribution in [0.15, 0.2) is 97.2 Å². The van der Waals surface area contributed by atoms with Crippen molar-refractivity contribution in [2.24, 2.45) is 0 Å². The van der Waals surface area contributed by atoms with Gasteiger partial charge in [0.1, 0.15) is 5.82 Å². The van der Waals surface area contributed by atoms with Gasteiger partial charge in [-0.15, -0.1) is 0 Å². The van der Waals surface area contributed by atoms with Crippen molar-refractivity contribution in [3.05, 3.63) is 114 Å². The summed E-state index contributed by atoms with van der Waals surface area (Å²) in [6.07, 6.45) is 4.80. The highest BCUT2D eigenvalue weighted by molar-refractivity contribution is 5.92. The van der Waals surface area contributed by atoms with Gasteiger partial charge in [-0.05, 0) is 61.4 Å². The van der Waals surface area contributed by atoms with Crippen LogP contribution < -0.4 is 5.32 Å². The van der Waals surface area contributed by atoms with Crippen LogP contribution in [0.2, 0.25) is 0 Å². The molecule has 7 nitrogen and oxygen atoms in total. The highest BCUT2D eigenvalue weighted by Gasteiger charge is 2.18. The van der Waals surface area contributed by atoms with E-state index >= 15 is 0 Å². The average Bonchev–Trinajstić information content (AvgIpc) is 3.36. The fraction of sp³-hybridized carbons (Fsp3) is 0.133. The topological polar surface area (TPSA) is 90.3 Å². The second kappa shape index (κ2) is 12.4. The van der Waals surface area contributed by atoms with E-state index in [0.717, 1.165) is 11.3 Å². The molecule has 1 aromatic heterocycles. The zero-order chi connectivity index (χ0) is 26.9. The molecular weight excluding hydrogens is 485 g/mol. The maximum absolute atomic E-state index is 13.5. The van der Waals surface area contributed by atoms with Gasteiger partial charge in [-0.25, -0.2) is 13.9 Å². The third-order valence-corrected chi connectivity index (χ3v) is 5.73. The first kappa shape index (κ1) is 26.2. The molecule has 0 fully saturated rings. The fourth-order valence-corrected chi connectivity index (χ4v) is 3.78. The number of ether oxygens (including phenoxy) is 1. The van der Waals surface area contributed by atoms with Gasteiger partial charge in [-0.2, -0.15) is 5.10 Å². The molecule has 4 aromatic rings. The van der Waals surface area contributed by atoms with E-state index in [1.165, 1.54) is 31.2 Å². The Kier molecular flexibility index (Phi) is 8.56. The Morgan fingerprint density at radius 3 is 2.29 bits per heavy atom. The van der Waals surface area contributed by atoms with E-state index in [-0.39, 0.29) is 11.6 Å². The maximum atomic E-state index is 13.5. The van der Waals surface area contributed by atoms with Crippen LogP contribution in [0.1, 0.15) is 18.1 Å². The smallest absolute Gasteiger partial charge is 0.331 e. The van der Waals surface area contributed by atoms with Gasteiger partial charge in [0.25, 0.3) is 5.91 Å². The molecule has 1 amide bonds. The predicted molar refractivity (Wildman–Crippen MR) is 142 cm³/mol. The van der Waals surface area contributed by atoms with Crippen LogP contribution in [0.4, 0.5) is 4.39 Å². The molecule has 38 heavy (non-hydrogen) atoms. The summed E-state index contributed by atoms with van der Waals surface area (Å²) in [7, 11) is 0. The average molecular weight is 512 g/mol. The SMILES string of the molecule is CC(=O)[C@@H](Cc1ccccc1)NC(=O)COC(=O)/C=C/c1cn(-c2ccccc2)nc1-c1ccc(F)cc1. The molecule has 0 saturated carbocycles. The Hall–Kier alpha value is -4.85. The number of nitrogens with zero attached hydrogens (tertiary/aromatic N) is 2. The van der Waals surface area contributed by atoms with Gasteiger partial charge in [-0.3, -0.25) is 9.59 Å². The number of para-hydroxylation sites is 1. The number of hydrogen-bond acceptors (Lipinski definition) is 5. The molecule has 0 aliphatic heterocycles. The molecule has 0 spiro atoms. The number of halogens is 1. The van der Waals surface area contributed by atoms with E-state index in [0.29, 0.717) is 23.2 Å². The Labute approximate surface area is 219 Å². The molecule has 1 heterocycles. The van der Waals surface area contributed by atoms with Crippen LogP contribution in [0, 0.1) is 5.82 Å². The van der Waals surface area contributed by atoms with E-state index in [4.69, 9.17) is 4.74 Å². The highest BCUT2D eigenvalue weighted by atomic mass is 19.1. The zero-order valence-electron chi connectivity index (χ0n) is 20.7. The number of Topliss-reactive ketones (excluding diaryl/α,β-unsaturated/α-hetero) is 1. The minimum Gasteiger partial charge on any atom is -0.452 e. The minimum atomic E-state index is -0.736. The summed E-state index contributed by atoms with van der Waals surface area (Å²) in [6.45, 7) is 0.868. The van der Waals surface area contributed by atoms with E-state index in [1.54, 1.807) is 23.0 Å². The number of ketones is 1. The van der Waals surface area contributed by atoms with Crippen molar-refractivity contribution in [1.82, 2.24) is 15.1 Å². The normalized spacial score (nSPS) is 11.7. The molecule has 0 bridgehead atoms. The number of benzene rings is 3. The van der Waals surface area contributed by atoms with Crippen molar-refractivity contribution in [3.63, 3.8) is 0 Å². The monoisotopic (exact) mass is 511 g/mol. The third kappa shape index (κ3) is 7.10. The first-order chi connectivity index (χ1) is 18.4. The van der Waals surface area contributed by atoms with Crippen molar-refractivity contribution in [2.75, 3.05) is 6.61 Å². The molecule has 0 aliphatic rings. The van der Waals surface area contributed by atoms with Crippen molar-refractivity contribution in [3.8, 4) is 16.9 Å². The summed E-state index contributed by atoms with van der Waals surface area (Å²) in [6, 6.07) is 23.9. The molecule has 0 aliphatic carbocycles. The van der Waals surface area contributed by atoms with E-state index in [1.807, 2.05) is 60.7 Å². The Bertz CT molecular complexity index is 1430. The molecule has 0 radical (unpaired) electrons. The molecule has 4 rings (SSSR count). The number of amides is 1. The highest BCUT2D eigenvalue weighted by Crippen LogP contribution is 2.25. The van der Waals surface area contributed by atoms with Crippen LogP contribution in [-0.4, -0.2) is 40.1 Å². The van der Waals surface area contributed by atoms with Gasteiger partial charge in [0.2, 0.25) is 0 Å². The number of nitrogens with one attached hydrogen (secondary N) is 1. The van der Waals surface area contributed by atoms with E-state index in [2.05, 4.69) is 10.4 Å². The minimum absolute atomic E-state index is 0.197. The van der Waals surface area contributed by atoms with Crippen LogP contribution in [0.3, 0.4) is 0 Å². The van der Waals surface area contributed by atoms with Crippen LogP contribution in [0.25, 0.3) is 23.0 Å². The second-order valence-corrected chi connectivity index (χ2v) is 8.58. The van der Waals surface area contributed by atoms with Gasteiger partial charge < -0.3 is 10.1 Å². The van der Waals surface area contributed by atoms with Gasteiger partial charge in [-0.1, -0.05) is 48.5 Å². The number of esters is 1. The summed E-state index contributed by atoms with van der Waals surface area (Å²) in [4.78, 5) is 36.7. The van der Waals surface area contributed by atoms with Gasteiger partial charge in [0, 0.05) is 23.4 Å². The predicted octanol–water partition coefficient (Wildman–Crippen LogP) is 4.55. The maximum Gasteiger partial charge on any atom is 0.331 e. The van der Waals surface area contributed by atoms with Crippen LogP contribution in [-0.2, 0) is 25.5 Å². The van der Waals surface area contributed by atoms with E-state index in [9.17, 15) is 18.8 Å². The van der Waals surface area contributed by atoms with Crippen molar-refractivity contribution in [1.29, 1.82) is 0 Å². The van der Waals surface area contributed by atoms with Crippen LogP contribution >= 0.6 is 0 Å². The summed E-state index contributed by atoms with van der Waals surface area (Å²) in [5.41, 5.74) is 3.52. The summed E-state index contributed by atoms with van der Waals surface area (Å²) >= 11 is 0. The van der Waals surface area contributed by atoms with Crippen molar-refractivity contribution < 1.29 is 23.5 Å². The largest absolute Gasteiger partial charge is 0.452 e. The molecular formula is C30H26FN3O4. The first-order valence-electron chi connectivity index (χ1n) is 12.0. The second-order valence-electron chi connectivity index (χ2n) is 8.58. The lowest BCUT2D eigenvalue weighted by atomic mass is 10.0. The molecule has 0 unspecified atom stereocenters. The number of aromatic nitrogens is 2. The number of carbonyl (C=O) groups is 3. The van der Waals surface area contributed by atoms with Gasteiger partial charge in [0.05, 0.1) is 17.4 Å². The summed E-state index contributed by atoms with van der Waals surface area (Å²) < 4.78 is 20.2. The molecule has 8 heteroatoms. The Morgan fingerprint density at radius 2 is 1.63 bits per heavy atom. The number of rotatable bonds is 10. The fourth-order valence-electron chi connectivity index (χ4n) is 3.78. The van der Waals surface area contributed by atoms with Crippen molar-refractivity contribution in [2.45, 2.75) is 19.4 Å². The summed E-state index contributed by atoms with van der Waals surface area (Å²) in [5, 5.41) is 7.23. The number of carbonyl (C=O) groups excluding carboxylic acids is 3. The molecule has 1 N–H and O–H groups in total. The molecule has 1 atom stereocenters. The quantitative estimate of drug-likeness (QED) is 0.249. The standard InChI is InChI=1S/C30H26FN3O4/c1-21(35)27(18-22-8-4-2-5-9-22)32-28(36)20-38-29(37)17-14-24-19-34(26-10-6-3-7-11-26)33-30(24)23-12-15-25(31)16-13-23/h2-17,19,27H,18,20H2,1H3,(H,32,36)/b17-14+/t27-/m1/s1. The lowest BCUT2D eigenvalue weighted by molar-refractivity contribution is -0.144. The van der Waals surface area contributed by atoms with Crippen molar-refractivity contribution >= 4 is 23.7 Å². The lowest BCUT2D eigenvalue weighted by Crippen LogP contribution is -2.43. The number of hydrogen-bond donors (Lipinski definition) is 1. The van der Waals surface area contributed by atoms with Crippen LogP contribution in [0.5, 0.6) is 0 Å². The van der Waals surface area contributed by atoms with E-state index < -0.39 is 24.5 Å². The van der Waals surface area contributed by atoms with Gasteiger partial charge in [0.15, 0.2) is 12.4 Å². The molecule has 0 saturated heterocycles. The van der Waals surface area contributed by atoms with Gasteiger partial charge >= 0.3 is 5.97 Å². The Balaban J connectivity index is 1.42. The molecule has 3 aromatic carbocycles.